The zero-order chi connectivity index (χ0) is 14.8. The molecule has 20 heavy (non-hydrogen) atoms. The van der Waals surface area contributed by atoms with Crippen LogP contribution in [0.4, 0.5) is 4.39 Å². The lowest BCUT2D eigenvalue weighted by Crippen LogP contribution is -2.56. The summed E-state index contributed by atoms with van der Waals surface area (Å²) >= 11 is 0. The summed E-state index contributed by atoms with van der Waals surface area (Å²) in [6.45, 7) is 0.136. The number of aromatic nitrogens is 1. The van der Waals surface area contributed by atoms with Crippen LogP contribution in [0, 0.1) is 5.82 Å². The first kappa shape index (κ1) is 14.4. The Kier molecular flexibility index (Phi) is 3.99. The Labute approximate surface area is 115 Å². The monoisotopic (exact) mass is 282 g/mol. The Morgan fingerprint density at radius 3 is 2.95 bits per heavy atom. The molecular formula is C13H15FN2O4. The number of carbonyl (C=O) groups is 2. The van der Waals surface area contributed by atoms with E-state index in [-0.39, 0.29) is 25.1 Å². The van der Waals surface area contributed by atoms with Gasteiger partial charge in [0.15, 0.2) is 11.4 Å². The number of hydrogen-bond donors (Lipinski definition) is 1. The smallest absolute Gasteiger partial charge is 0.332 e. The molecule has 7 heteroatoms. The number of likely N-dealkylation sites (tertiary alicyclic amines) is 1. The molecule has 6 nitrogen and oxygen atoms in total. The van der Waals surface area contributed by atoms with Crippen molar-refractivity contribution >= 4 is 11.9 Å². The molecule has 0 aliphatic carbocycles. The van der Waals surface area contributed by atoms with Crippen LogP contribution in [0.5, 0.6) is 0 Å². The summed E-state index contributed by atoms with van der Waals surface area (Å²) in [5.41, 5.74) is -1.61. The zero-order valence-electron chi connectivity index (χ0n) is 11.0. The fraction of sp³-hybridized carbons (Fsp3) is 0.462. The van der Waals surface area contributed by atoms with E-state index < -0.39 is 23.2 Å². The standard InChI is InChI=1S/C13H15FN2O4/c1-20-8-13(12(18)19)4-2-6-16(13)11(17)9-3-5-15-7-10(9)14/h3,5,7H,2,4,6,8H2,1H3,(H,18,19). The van der Waals surface area contributed by atoms with E-state index in [0.717, 1.165) is 6.20 Å². The maximum atomic E-state index is 13.6. The van der Waals surface area contributed by atoms with Crippen molar-refractivity contribution in [1.82, 2.24) is 9.88 Å². The van der Waals surface area contributed by atoms with Crippen molar-refractivity contribution in [3.05, 3.63) is 29.8 Å². The minimum Gasteiger partial charge on any atom is -0.479 e. The first-order chi connectivity index (χ1) is 9.53. The van der Waals surface area contributed by atoms with E-state index >= 15 is 0 Å². The number of amides is 1. The lowest BCUT2D eigenvalue weighted by molar-refractivity contribution is -0.151. The number of ether oxygens (including phenoxy) is 1. The number of pyridine rings is 1. The van der Waals surface area contributed by atoms with Crippen LogP contribution in [0.1, 0.15) is 23.2 Å². The number of halogens is 1. The minimum absolute atomic E-state index is 0.124. The van der Waals surface area contributed by atoms with Gasteiger partial charge in [0.25, 0.3) is 5.91 Å². The Balaban J connectivity index is 2.38. The number of hydrogen-bond acceptors (Lipinski definition) is 4. The van der Waals surface area contributed by atoms with E-state index in [9.17, 15) is 19.1 Å². The molecule has 1 atom stereocenters. The maximum absolute atomic E-state index is 13.6. The molecule has 0 bridgehead atoms. The molecule has 0 spiro atoms. The first-order valence-corrected chi connectivity index (χ1v) is 6.17. The van der Waals surface area contributed by atoms with Crippen LogP contribution >= 0.6 is 0 Å². The van der Waals surface area contributed by atoms with E-state index in [1.807, 2.05) is 0 Å². The van der Waals surface area contributed by atoms with Gasteiger partial charge in [-0.1, -0.05) is 0 Å². The van der Waals surface area contributed by atoms with Gasteiger partial charge < -0.3 is 14.7 Å². The quantitative estimate of drug-likeness (QED) is 0.888. The van der Waals surface area contributed by atoms with Crippen LogP contribution in [0.15, 0.2) is 18.5 Å². The van der Waals surface area contributed by atoms with Crippen LogP contribution in [-0.2, 0) is 9.53 Å². The first-order valence-electron chi connectivity index (χ1n) is 6.17. The zero-order valence-corrected chi connectivity index (χ0v) is 11.0. The summed E-state index contributed by atoms with van der Waals surface area (Å²) in [5, 5.41) is 9.45. The molecule has 1 aliphatic rings. The van der Waals surface area contributed by atoms with Crippen molar-refractivity contribution in [3.8, 4) is 0 Å². The number of methoxy groups -OCH3 is 1. The van der Waals surface area contributed by atoms with Crippen molar-refractivity contribution in [2.24, 2.45) is 0 Å². The Morgan fingerprint density at radius 1 is 1.60 bits per heavy atom. The predicted octanol–water partition coefficient (Wildman–Crippen LogP) is 0.926. The van der Waals surface area contributed by atoms with E-state index in [1.165, 1.54) is 24.3 Å². The maximum Gasteiger partial charge on any atom is 0.332 e. The molecule has 1 aromatic rings. The van der Waals surface area contributed by atoms with Gasteiger partial charge in [0, 0.05) is 19.9 Å². The molecule has 1 unspecified atom stereocenters. The van der Waals surface area contributed by atoms with Gasteiger partial charge in [-0.2, -0.15) is 0 Å². The summed E-state index contributed by atoms with van der Waals surface area (Å²) in [4.78, 5) is 28.7. The molecule has 0 saturated carbocycles. The number of nitrogens with zero attached hydrogens (tertiary/aromatic N) is 2. The normalized spacial score (nSPS) is 22.0. The van der Waals surface area contributed by atoms with Gasteiger partial charge in [-0.05, 0) is 18.9 Å². The molecule has 0 radical (unpaired) electrons. The third-order valence-electron chi connectivity index (χ3n) is 3.52. The topological polar surface area (TPSA) is 79.7 Å². The van der Waals surface area contributed by atoms with E-state index in [1.54, 1.807) is 0 Å². The van der Waals surface area contributed by atoms with Gasteiger partial charge in [-0.25, -0.2) is 9.18 Å². The fourth-order valence-electron chi connectivity index (χ4n) is 2.54. The van der Waals surface area contributed by atoms with Gasteiger partial charge in [-0.15, -0.1) is 0 Å². The SMILES string of the molecule is COCC1(C(=O)O)CCCN1C(=O)c1ccncc1F. The third-order valence-corrected chi connectivity index (χ3v) is 3.52. The molecule has 2 heterocycles. The molecule has 1 saturated heterocycles. The van der Waals surface area contributed by atoms with Gasteiger partial charge in [0.05, 0.1) is 18.4 Å². The van der Waals surface area contributed by atoms with Crippen molar-refractivity contribution < 1.29 is 23.8 Å². The summed E-state index contributed by atoms with van der Waals surface area (Å²) < 4.78 is 18.6. The van der Waals surface area contributed by atoms with Gasteiger partial charge >= 0.3 is 5.97 Å². The second-order valence-electron chi connectivity index (χ2n) is 4.69. The summed E-state index contributed by atoms with van der Waals surface area (Å²) in [5.74, 6) is -2.55. The van der Waals surface area contributed by atoms with Crippen molar-refractivity contribution in [2.75, 3.05) is 20.3 Å². The van der Waals surface area contributed by atoms with Gasteiger partial charge in [0.2, 0.25) is 0 Å². The van der Waals surface area contributed by atoms with Gasteiger partial charge in [-0.3, -0.25) is 9.78 Å². The van der Waals surface area contributed by atoms with Crippen LogP contribution in [0.2, 0.25) is 0 Å². The number of carboxylic acids is 1. The van der Waals surface area contributed by atoms with Crippen LogP contribution in [-0.4, -0.2) is 52.7 Å². The second kappa shape index (κ2) is 5.54. The molecule has 1 N–H and O–H groups in total. The Bertz CT molecular complexity index is 537. The van der Waals surface area contributed by atoms with Crippen LogP contribution < -0.4 is 0 Å². The molecule has 1 amide bonds. The average Bonchev–Trinajstić information content (AvgIpc) is 2.84. The minimum atomic E-state index is -1.43. The molecule has 2 rings (SSSR count). The van der Waals surface area contributed by atoms with Crippen LogP contribution in [0.25, 0.3) is 0 Å². The number of aliphatic carboxylic acids is 1. The lowest BCUT2D eigenvalue weighted by Gasteiger charge is -2.34. The summed E-state index contributed by atoms with van der Waals surface area (Å²) in [7, 11) is 1.37. The summed E-state index contributed by atoms with van der Waals surface area (Å²) in [6.07, 6.45) is 3.05. The highest BCUT2D eigenvalue weighted by Gasteiger charge is 2.50. The molecule has 1 aliphatic heterocycles. The van der Waals surface area contributed by atoms with Crippen molar-refractivity contribution in [1.29, 1.82) is 0 Å². The van der Waals surface area contributed by atoms with Crippen LogP contribution in [0.3, 0.4) is 0 Å². The average molecular weight is 282 g/mol. The predicted molar refractivity (Wildman–Crippen MR) is 66.7 cm³/mol. The molecule has 108 valence electrons. The van der Waals surface area contributed by atoms with E-state index in [2.05, 4.69) is 4.98 Å². The van der Waals surface area contributed by atoms with Gasteiger partial charge in [0.1, 0.15) is 0 Å². The highest BCUT2D eigenvalue weighted by atomic mass is 19.1. The van der Waals surface area contributed by atoms with E-state index in [4.69, 9.17) is 4.74 Å². The molecular weight excluding hydrogens is 267 g/mol. The lowest BCUT2D eigenvalue weighted by atomic mass is 9.96. The van der Waals surface area contributed by atoms with Crippen molar-refractivity contribution in [3.63, 3.8) is 0 Å². The third kappa shape index (κ3) is 2.24. The van der Waals surface area contributed by atoms with Crippen molar-refractivity contribution in [2.45, 2.75) is 18.4 Å². The largest absolute Gasteiger partial charge is 0.479 e. The molecule has 1 aromatic heterocycles. The highest BCUT2D eigenvalue weighted by molar-refractivity contribution is 5.98. The highest BCUT2D eigenvalue weighted by Crippen LogP contribution is 2.32. The Morgan fingerprint density at radius 2 is 2.35 bits per heavy atom. The van der Waals surface area contributed by atoms with E-state index in [0.29, 0.717) is 6.42 Å². The number of rotatable bonds is 4. The molecule has 0 aromatic carbocycles. The Hall–Kier alpha value is -2.02. The molecule has 1 fully saturated rings. The fourth-order valence-corrected chi connectivity index (χ4v) is 2.54. The summed E-state index contributed by atoms with van der Waals surface area (Å²) in [6, 6.07) is 1.25. The number of carboxylic acid groups (broad SMARTS) is 1. The number of carbonyl (C=O) groups excluding carboxylic acids is 1. The second-order valence-corrected chi connectivity index (χ2v) is 4.69.